The minimum atomic E-state index is 0.236. The van der Waals surface area contributed by atoms with E-state index >= 15 is 0 Å². The molecule has 0 radical (unpaired) electrons. The van der Waals surface area contributed by atoms with Crippen LogP contribution >= 0.6 is 0 Å². The molecule has 17 heavy (non-hydrogen) atoms. The van der Waals surface area contributed by atoms with Crippen LogP contribution in [0.15, 0.2) is 48.5 Å². The molecule has 0 aromatic heterocycles. The van der Waals surface area contributed by atoms with Crippen molar-refractivity contribution in [3.05, 3.63) is 59.7 Å². The summed E-state index contributed by atoms with van der Waals surface area (Å²) >= 11 is 0. The maximum atomic E-state index is 9.15. The quantitative estimate of drug-likeness (QED) is 0.846. The molecule has 0 atom stereocenters. The van der Waals surface area contributed by atoms with E-state index in [1.807, 2.05) is 24.3 Å². The summed E-state index contributed by atoms with van der Waals surface area (Å²) < 4.78 is 5.62. The number of hydrogen-bond donors (Lipinski definition) is 2. The molecular formula is C14H15NO2. The van der Waals surface area contributed by atoms with Gasteiger partial charge in [0.2, 0.25) is 0 Å². The average molecular weight is 229 g/mol. The number of phenolic OH excluding ortho intramolecular Hbond substituents is 1. The van der Waals surface area contributed by atoms with Crippen molar-refractivity contribution >= 4 is 0 Å². The summed E-state index contributed by atoms with van der Waals surface area (Å²) in [5, 5.41) is 9.15. The Hall–Kier alpha value is -2.00. The highest BCUT2D eigenvalue weighted by atomic mass is 16.5. The first-order chi connectivity index (χ1) is 8.29. The number of ether oxygens (including phenoxy) is 1. The lowest BCUT2D eigenvalue weighted by molar-refractivity contribution is 0.304. The molecule has 2 rings (SSSR count). The molecule has 0 unspecified atom stereocenters. The number of rotatable bonds is 4. The highest BCUT2D eigenvalue weighted by molar-refractivity contribution is 5.31. The SMILES string of the molecule is NCc1ccccc1COc1ccc(O)cc1. The zero-order valence-electron chi connectivity index (χ0n) is 9.47. The molecule has 2 aromatic carbocycles. The smallest absolute Gasteiger partial charge is 0.120 e. The third-order valence-electron chi connectivity index (χ3n) is 2.57. The molecule has 3 heteroatoms. The van der Waals surface area contributed by atoms with Crippen LogP contribution in [0.1, 0.15) is 11.1 Å². The van der Waals surface area contributed by atoms with Crippen LogP contribution in [0, 0.1) is 0 Å². The molecule has 0 bridgehead atoms. The second kappa shape index (κ2) is 5.37. The van der Waals surface area contributed by atoms with E-state index in [4.69, 9.17) is 15.6 Å². The van der Waals surface area contributed by atoms with Crippen molar-refractivity contribution in [3.8, 4) is 11.5 Å². The third-order valence-corrected chi connectivity index (χ3v) is 2.57. The standard InChI is InChI=1S/C14H15NO2/c15-9-11-3-1-2-4-12(11)10-17-14-7-5-13(16)6-8-14/h1-8,16H,9-10,15H2. The van der Waals surface area contributed by atoms with Gasteiger partial charge in [-0.3, -0.25) is 0 Å². The third kappa shape index (κ3) is 2.98. The number of benzene rings is 2. The van der Waals surface area contributed by atoms with Gasteiger partial charge < -0.3 is 15.6 Å². The molecule has 0 saturated carbocycles. The van der Waals surface area contributed by atoms with Crippen molar-refractivity contribution in [1.82, 2.24) is 0 Å². The maximum absolute atomic E-state index is 9.15. The Morgan fingerprint density at radius 2 is 1.59 bits per heavy atom. The van der Waals surface area contributed by atoms with Crippen molar-refractivity contribution < 1.29 is 9.84 Å². The van der Waals surface area contributed by atoms with Crippen LogP contribution in [0.2, 0.25) is 0 Å². The summed E-state index contributed by atoms with van der Waals surface area (Å²) in [6, 6.07) is 14.6. The largest absolute Gasteiger partial charge is 0.508 e. The lowest BCUT2D eigenvalue weighted by Crippen LogP contribution is -2.04. The predicted molar refractivity (Wildman–Crippen MR) is 66.8 cm³/mol. The van der Waals surface area contributed by atoms with E-state index in [-0.39, 0.29) is 5.75 Å². The molecule has 3 N–H and O–H groups in total. The van der Waals surface area contributed by atoms with Gasteiger partial charge in [-0.1, -0.05) is 24.3 Å². The van der Waals surface area contributed by atoms with Gasteiger partial charge in [0.05, 0.1) is 0 Å². The monoisotopic (exact) mass is 229 g/mol. The molecule has 0 saturated heterocycles. The average Bonchev–Trinajstić information content (AvgIpc) is 2.38. The zero-order valence-corrected chi connectivity index (χ0v) is 9.47. The van der Waals surface area contributed by atoms with Gasteiger partial charge >= 0.3 is 0 Å². The first-order valence-corrected chi connectivity index (χ1v) is 5.48. The second-order valence-electron chi connectivity index (χ2n) is 3.76. The molecular weight excluding hydrogens is 214 g/mol. The van der Waals surface area contributed by atoms with E-state index in [2.05, 4.69) is 0 Å². The van der Waals surface area contributed by atoms with Crippen LogP contribution in [0.3, 0.4) is 0 Å². The Morgan fingerprint density at radius 3 is 2.24 bits per heavy atom. The highest BCUT2D eigenvalue weighted by Gasteiger charge is 2.01. The Kier molecular flexibility index (Phi) is 3.62. The van der Waals surface area contributed by atoms with Gasteiger partial charge in [-0.25, -0.2) is 0 Å². The van der Waals surface area contributed by atoms with Gasteiger partial charge in [-0.15, -0.1) is 0 Å². The molecule has 88 valence electrons. The van der Waals surface area contributed by atoms with Crippen molar-refractivity contribution in [2.24, 2.45) is 5.73 Å². The van der Waals surface area contributed by atoms with E-state index < -0.39 is 0 Å². The molecule has 0 spiro atoms. The zero-order chi connectivity index (χ0) is 12.1. The minimum Gasteiger partial charge on any atom is -0.508 e. The predicted octanol–water partition coefficient (Wildman–Crippen LogP) is 2.43. The van der Waals surface area contributed by atoms with E-state index in [9.17, 15) is 0 Å². The summed E-state index contributed by atoms with van der Waals surface area (Å²) in [4.78, 5) is 0. The summed E-state index contributed by atoms with van der Waals surface area (Å²) in [5.74, 6) is 0.967. The fraction of sp³-hybridized carbons (Fsp3) is 0.143. The van der Waals surface area contributed by atoms with Gasteiger partial charge in [0.25, 0.3) is 0 Å². The molecule has 0 amide bonds. The van der Waals surface area contributed by atoms with Crippen molar-refractivity contribution in [3.63, 3.8) is 0 Å². The van der Waals surface area contributed by atoms with Gasteiger partial charge in [-0.05, 0) is 35.4 Å². The van der Waals surface area contributed by atoms with E-state index in [0.29, 0.717) is 13.2 Å². The van der Waals surface area contributed by atoms with Crippen LogP contribution in [0.5, 0.6) is 11.5 Å². The molecule has 0 aliphatic rings. The van der Waals surface area contributed by atoms with E-state index in [1.54, 1.807) is 24.3 Å². The molecule has 2 aromatic rings. The molecule has 0 aliphatic carbocycles. The number of phenols is 1. The number of nitrogens with two attached hydrogens (primary N) is 1. The first kappa shape index (κ1) is 11.5. The lowest BCUT2D eigenvalue weighted by atomic mass is 10.1. The van der Waals surface area contributed by atoms with Gasteiger partial charge in [0, 0.05) is 6.54 Å². The normalized spacial score (nSPS) is 10.2. The summed E-state index contributed by atoms with van der Waals surface area (Å²) in [6.07, 6.45) is 0. The van der Waals surface area contributed by atoms with Gasteiger partial charge in [-0.2, -0.15) is 0 Å². The van der Waals surface area contributed by atoms with Crippen molar-refractivity contribution in [1.29, 1.82) is 0 Å². The fourth-order valence-corrected chi connectivity index (χ4v) is 1.60. The summed E-state index contributed by atoms with van der Waals surface area (Å²) in [6.45, 7) is 0.993. The Bertz CT molecular complexity index is 480. The first-order valence-electron chi connectivity index (χ1n) is 5.48. The lowest BCUT2D eigenvalue weighted by Gasteiger charge is -2.09. The highest BCUT2D eigenvalue weighted by Crippen LogP contribution is 2.18. The summed E-state index contributed by atoms with van der Waals surface area (Å²) in [7, 11) is 0. The molecule has 3 nitrogen and oxygen atoms in total. The van der Waals surface area contributed by atoms with Crippen LogP contribution in [0.4, 0.5) is 0 Å². The van der Waals surface area contributed by atoms with Crippen LogP contribution < -0.4 is 10.5 Å². The topological polar surface area (TPSA) is 55.5 Å². The molecule has 0 fully saturated rings. The fourth-order valence-electron chi connectivity index (χ4n) is 1.60. The Labute approximate surface area is 100 Å². The van der Waals surface area contributed by atoms with Crippen LogP contribution in [0.25, 0.3) is 0 Å². The van der Waals surface area contributed by atoms with Crippen molar-refractivity contribution in [2.75, 3.05) is 0 Å². The number of aromatic hydroxyl groups is 1. The van der Waals surface area contributed by atoms with Gasteiger partial charge in [0.15, 0.2) is 0 Å². The summed E-state index contributed by atoms with van der Waals surface area (Å²) in [5.41, 5.74) is 7.83. The van der Waals surface area contributed by atoms with Crippen molar-refractivity contribution in [2.45, 2.75) is 13.2 Å². The maximum Gasteiger partial charge on any atom is 0.120 e. The van der Waals surface area contributed by atoms with E-state index in [1.165, 1.54) is 0 Å². The minimum absolute atomic E-state index is 0.236. The Balaban J connectivity index is 2.04. The second-order valence-corrected chi connectivity index (χ2v) is 3.76. The Morgan fingerprint density at radius 1 is 0.941 bits per heavy atom. The number of hydrogen-bond acceptors (Lipinski definition) is 3. The molecule has 0 aliphatic heterocycles. The van der Waals surface area contributed by atoms with Crippen LogP contribution in [-0.2, 0) is 13.2 Å². The van der Waals surface area contributed by atoms with E-state index in [0.717, 1.165) is 16.9 Å². The van der Waals surface area contributed by atoms with Crippen LogP contribution in [-0.4, -0.2) is 5.11 Å². The van der Waals surface area contributed by atoms with Gasteiger partial charge in [0.1, 0.15) is 18.1 Å². The molecule has 0 heterocycles.